The minimum Gasteiger partial charge on any atom is -0.478 e. The highest BCUT2D eigenvalue weighted by Crippen LogP contribution is 2.05. The van der Waals surface area contributed by atoms with Gasteiger partial charge in [-0.2, -0.15) is 0 Å². The van der Waals surface area contributed by atoms with Crippen LogP contribution < -0.4 is 0 Å². The van der Waals surface area contributed by atoms with Crippen molar-refractivity contribution >= 4 is 18.0 Å². The summed E-state index contributed by atoms with van der Waals surface area (Å²) in [6.07, 6.45) is 5.62. The number of carboxylic acids is 2. The smallest absolute Gasteiger partial charge is 0.331 e. The van der Waals surface area contributed by atoms with Gasteiger partial charge < -0.3 is 10.2 Å². The van der Waals surface area contributed by atoms with E-state index in [1.807, 2.05) is 36.4 Å². The highest BCUT2D eigenvalue weighted by atomic mass is 16.4. The van der Waals surface area contributed by atoms with Gasteiger partial charge in [-0.1, -0.05) is 55.1 Å². The van der Waals surface area contributed by atoms with E-state index in [2.05, 4.69) is 6.58 Å². The zero-order chi connectivity index (χ0) is 16.3. The van der Waals surface area contributed by atoms with E-state index in [9.17, 15) is 9.59 Å². The maximum absolute atomic E-state index is 10.4. The lowest BCUT2D eigenvalue weighted by atomic mass is 10.1. The lowest BCUT2D eigenvalue weighted by Crippen LogP contribution is -1.96. The second-order valence-electron chi connectivity index (χ2n) is 4.20. The van der Waals surface area contributed by atoms with Crippen LogP contribution >= 0.6 is 0 Å². The Morgan fingerprint density at radius 2 is 1.71 bits per heavy atom. The molecule has 2 N–H and O–H groups in total. The minimum atomic E-state index is -0.942. The SMILES string of the molecule is C=C(CC=Cc1ccccc1)C(=O)O.CC=C(C)C(=O)O. The molecule has 0 unspecified atom stereocenters. The van der Waals surface area contributed by atoms with E-state index in [1.165, 1.54) is 0 Å². The van der Waals surface area contributed by atoms with Crippen LogP contribution in [0.2, 0.25) is 0 Å². The molecule has 0 amide bonds. The van der Waals surface area contributed by atoms with Crippen molar-refractivity contribution < 1.29 is 19.8 Å². The number of hydrogen-bond acceptors (Lipinski definition) is 2. The fourth-order valence-electron chi connectivity index (χ4n) is 1.11. The molecule has 1 aromatic rings. The van der Waals surface area contributed by atoms with Crippen LogP contribution in [0.25, 0.3) is 6.08 Å². The molecule has 0 heterocycles. The Kier molecular flexibility index (Phi) is 8.93. The molecule has 0 atom stereocenters. The molecule has 0 aliphatic carbocycles. The van der Waals surface area contributed by atoms with Gasteiger partial charge >= 0.3 is 11.9 Å². The van der Waals surface area contributed by atoms with E-state index in [4.69, 9.17) is 10.2 Å². The number of carbonyl (C=O) groups is 2. The standard InChI is InChI=1S/C12H12O2.C5H8O2/c1-10(12(13)14)6-5-9-11-7-3-2-4-8-11;1-3-4(2)5(6)7/h2-5,7-9H,1,6H2,(H,13,14);3H,1-2H3,(H,6,7). The zero-order valence-corrected chi connectivity index (χ0v) is 12.2. The second-order valence-corrected chi connectivity index (χ2v) is 4.20. The summed E-state index contributed by atoms with van der Waals surface area (Å²) >= 11 is 0. The number of aliphatic carboxylic acids is 2. The first-order valence-electron chi connectivity index (χ1n) is 6.37. The Bertz CT molecular complexity index is 539. The Morgan fingerprint density at radius 1 is 1.14 bits per heavy atom. The number of carboxylic acid groups (broad SMARTS) is 2. The van der Waals surface area contributed by atoms with Crippen LogP contribution in [-0.4, -0.2) is 22.2 Å². The summed E-state index contributed by atoms with van der Waals surface area (Å²) in [6, 6.07) is 9.73. The quantitative estimate of drug-likeness (QED) is 0.809. The Labute approximate surface area is 124 Å². The van der Waals surface area contributed by atoms with E-state index < -0.39 is 11.9 Å². The third kappa shape index (κ3) is 8.99. The molecule has 0 fully saturated rings. The van der Waals surface area contributed by atoms with Gasteiger partial charge in [0.2, 0.25) is 0 Å². The topological polar surface area (TPSA) is 74.6 Å². The number of hydrogen-bond donors (Lipinski definition) is 2. The van der Waals surface area contributed by atoms with Gasteiger partial charge in [-0.25, -0.2) is 9.59 Å². The van der Waals surface area contributed by atoms with E-state index in [-0.39, 0.29) is 5.57 Å². The van der Waals surface area contributed by atoms with Crippen LogP contribution in [0.5, 0.6) is 0 Å². The van der Waals surface area contributed by atoms with Crippen molar-refractivity contribution in [3.05, 3.63) is 65.8 Å². The molecule has 0 aliphatic rings. The molecule has 0 aromatic heterocycles. The normalized spacial score (nSPS) is 10.7. The third-order valence-electron chi connectivity index (χ3n) is 2.55. The number of benzene rings is 1. The van der Waals surface area contributed by atoms with Crippen molar-refractivity contribution in [2.75, 3.05) is 0 Å². The summed E-state index contributed by atoms with van der Waals surface area (Å²) in [5, 5.41) is 16.7. The summed E-state index contributed by atoms with van der Waals surface area (Å²) in [7, 11) is 0. The summed E-state index contributed by atoms with van der Waals surface area (Å²) < 4.78 is 0. The third-order valence-corrected chi connectivity index (χ3v) is 2.55. The molecule has 21 heavy (non-hydrogen) atoms. The molecule has 0 radical (unpaired) electrons. The fourth-order valence-corrected chi connectivity index (χ4v) is 1.11. The lowest BCUT2D eigenvalue weighted by molar-refractivity contribution is -0.133. The molecular formula is C17H20O4. The van der Waals surface area contributed by atoms with Gasteiger partial charge in [0, 0.05) is 11.1 Å². The minimum absolute atomic E-state index is 0.206. The van der Waals surface area contributed by atoms with E-state index >= 15 is 0 Å². The number of rotatable bonds is 5. The molecule has 1 rings (SSSR count). The lowest BCUT2D eigenvalue weighted by Gasteiger charge is -1.93. The van der Waals surface area contributed by atoms with Gasteiger partial charge in [0.05, 0.1) is 0 Å². The van der Waals surface area contributed by atoms with Gasteiger partial charge in [-0.3, -0.25) is 0 Å². The molecule has 0 spiro atoms. The average molecular weight is 288 g/mol. The van der Waals surface area contributed by atoms with Crippen LogP contribution in [-0.2, 0) is 9.59 Å². The van der Waals surface area contributed by atoms with Crippen molar-refractivity contribution in [2.45, 2.75) is 20.3 Å². The zero-order valence-electron chi connectivity index (χ0n) is 12.2. The Morgan fingerprint density at radius 3 is 2.10 bits per heavy atom. The Hall–Kier alpha value is -2.62. The highest BCUT2D eigenvalue weighted by Gasteiger charge is 1.99. The van der Waals surface area contributed by atoms with Gasteiger partial charge in [-0.15, -0.1) is 0 Å². The largest absolute Gasteiger partial charge is 0.478 e. The van der Waals surface area contributed by atoms with Crippen LogP contribution in [0, 0.1) is 0 Å². The van der Waals surface area contributed by atoms with Gasteiger partial charge in [0.1, 0.15) is 0 Å². The van der Waals surface area contributed by atoms with Gasteiger partial charge in [-0.05, 0) is 25.8 Å². The molecule has 0 saturated heterocycles. The molecule has 1 aromatic carbocycles. The maximum atomic E-state index is 10.4. The Balaban J connectivity index is 0.000000486. The maximum Gasteiger partial charge on any atom is 0.331 e. The summed E-state index contributed by atoms with van der Waals surface area (Å²) in [4.78, 5) is 20.3. The van der Waals surface area contributed by atoms with Crippen LogP contribution in [0.4, 0.5) is 0 Å². The molecule has 0 bridgehead atoms. The molecule has 4 nitrogen and oxygen atoms in total. The summed E-state index contributed by atoms with van der Waals surface area (Å²) in [5.41, 5.74) is 1.66. The van der Waals surface area contributed by atoms with Crippen molar-refractivity contribution in [3.63, 3.8) is 0 Å². The molecule has 0 aliphatic heterocycles. The van der Waals surface area contributed by atoms with Gasteiger partial charge in [0.25, 0.3) is 0 Å². The predicted molar refractivity (Wildman–Crippen MR) is 83.9 cm³/mol. The molecule has 0 saturated carbocycles. The summed E-state index contributed by atoms with van der Waals surface area (Å²) in [5.74, 6) is -1.79. The van der Waals surface area contributed by atoms with E-state index in [0.29, 0.717) is 12.0 Å². The van der Waals surface area contributed by atoms with Crippen LogP contribution in [0.3, 0.4) is 0 Å². The first kappa shape index (κ1) is 18.4. The van der Waals surface area contributed by atoms with Crippen molar-refractivity contribution in [1.29, 1.82) is 0 Å². The van der Waals surface area contributed by atoms with Crippen LogP contribution in [0.15, 0.2) is 60.2 Å². The van der Waals surface area contributed by atoms with Crippen molar-refractivity contribution in [1.82, 2.24) is 0 Å². The second kappa shape index (κ2) is 10.2. The number of allylic oxidation sites excluding steroid dienone is 2. The highest BCUT2D eigenvalue weighted by molar-refractivity contribution is 5.86. The van der Waals surface area contributed by atoms with E-state index in [0.717, 1.165) is 5.56 Å². The fraction of sp³-hybridized carbons (Fsp3) is 0.176. The van der Waals surface area contributed by atoms with E-state index in [1.54, 1.807) is 26.0 Å². The molecule has 4 heteroatoms. The molecule has 112 valence electrons. The van der Waals surface area contributed by atoms with Crippen molar-refractivity contribution in [3.8, 4) is 0 Å². The predicted octanol–water partition coefficient (Wildman–Crippen LogP) is 3.77. The average Bonchev–Trinajstić information content (AvgIpc) is 2.47. The first-order chi connectivity index (χ1) is 9.88. The first-order valence-corrected chi connectivity index (χ1v) is 6.37. The molecular weight excluding hydrogens is 268 g/mol. The van der Waals surface area contributed by atoms with Crippen LogP contribution in [0.1, 0.15) is 25.8 Å². The van der Waals surface area contributed by atoms with Gasteiger partial charge in [0.15, 0.2) is 0 Å². The van der Waals surface area contributed by atoms with Crippen molar-refractivity contribution in [2.24, 2.45) is 0 Å². The monoisotopic (exact) mass is 288 g/mol. The summed E-state index contributed by atoms with van der Waals surface area (Å²) in [6.45, 7) is 6.69.